The standard InChI is InChI=1S/C23H23ClN2O2/c1-17-6-8-20(24)15-22(17)25-10-12-26(13-11-25)23(27)16-28-21-9-7-18-4-2-3-5-19(18)14-21/h2-9,14-15H,10-13,16H2,1H3. The van der Waals surface area contributed by atoms with E-state index in [1.54, 1.807) is 0 Å². The Morgan fingerprint density at radius 1 is 0.964 bits per heavy atom. The summed E-state index contributed by atoms with van der Waals surface area (Å²) in [6.07, 6.45) is 0. The highest BCUT2D eigenvalue weighted by Crippen LogP contribution is 2.25. The van der Waals surface area contributed by atoms with Crippen LogP contribution < -0.4 is 9.64 Å². The number of carbonyl (C=O) groups excluding carboxylic acids is 1. The van der Waals surface area contributed by atoms with Crippen LogP contribution in [-0.4, -0.2) is 43.6 Å². The van der Waals surface area contributed by atoms with Gasteiger partial charge in [-0.05, 0) is 47.5 Å². The van der Waals surface area contributed by atoms with E-state index in [0.717, 1.165) is 40.3 Å². The number of rotatable bonds is 4. The summed E-state index contributed by atoms with van der Waals surface area (Å²) in [5, 5.41) is 3.01. The fourth-order valence-corrected chi connectivity index (χ4v) is 3.78. The van der Waals surface area contributed by atoms with Crippen molar-refractivity contribution in [1.29, 1.82) is 0 Å². The quantitative estimate of drug-likeness (QED) is 0.651. The SMILES string of the molecule is Cc1ccc(Cl)cc1N1CCN(C(=O)COc2ccc3ccccc3c2)CC1. The maximum atomic E-state index is 12.6. The Hall–Kier alpha value is -2.72. The predicted octanol–water partition coefficient (Wildman–Crippen LogP) is 4.53. The van der Waals surface area contributed by atoms with Gasteiger partial charge in [-0.3, -0.25) is 4.79 Å². The minimum absolute atomic E-state index is 0.0237. The van der Waals surface area contributed by atoms with Crippen molar-refractivity contribution in [1.82, 2.24) is 4.90 Å². The van der Waals surface area contributed by atoms with E-state index in [2.05, 4.69) is 17.9 Å². The lowest BCUT2D eigenvalue weighted by Gasteiger charge is -2.36. The van der Waals surface area contributed by atoms with Crippen molar-refractivity contribution in [3.8, 4) is 5.75 Å². The van der Waals surface area contributed by atoms with E-state index in [1.165, 1.54) is 5.56 Å². The number of aryl methyl sites for hydroxylation is 1. The van der Waals surface area contributed by atoms with E-state index in [-0.39, 0.29) is 12.5 Å². The number of hydrogen-bond acceptors (Lipinski definition) is 3. The van der Waals surface area contributed by atoms with Gasteiger partial charge < -0.3 is 14.5 Å². The molecule has 0 unspecified atom stereocenters. The normalized spacial score (nSPS) is 14.4. The molecule has 3 aromatic rings. The van der Waals surface area contributed by atoms with Gasteiger partial charge in [-0.2, -0.15) is 0 Å². The molecule has 0 aromatic heterocycles. The highest BCUT2D eigenvalue weighted by atomic mass is 35.5. The summed E-state index contributed by atoms with van der Waals surface area (Å²) >= 11 is 6.14. The number of piperazine rings is 1. The Balaban J connectivity index is 1.33. The fraction of sp³-hybridized carbons (Fsp3) is 0.261. The molecular formula is C23H23ClN2O2. The largest absolute Gasteiger partial charge is 0.484 e. The van der Waals surface area contributed by atoms with Gasteiger partial charge in [-0.25, -0.2) is 0 Å². The molecule has 0 N–H and O–H groups in total. The summed E-state index contributed by atoms with van der Waals surface area (Å²) in [6, 6.07) is 20.0. The zero-order valence-electron chi connectivity index (χ0n) is 15.9. The van der Waals surface area contributed by atoms with Crippen LogP contribution in [0.15, 0.2) is 60.7 Å². The van der Waals surface area contributed by atoms with Crippen LogP contribution in [0.3, 0.4) is 0 Å². The first kappa shape index (κ1) is 18.6. The van der Waals surface area contributed by atoms with Crippen molar-refractivity contribution in [3.63, 3.8) is 0 Å². The topological polar surface area (TPSA) is 32.8 Å². The zero-order chi connectivity index (χ0) is 19.5. The Bertz CT molecular complexity index is 997. The molecule has 4 nitrogen and oxygen atoms in total. The van der Waals surface area contributed by atoms with Gasteiger partial charge in [-0.15, -0.1) is 0 Å². The van der Waals surface area contributed by atoms with Gasteiger partial charge in [-0.1, -0.05) is 48.0 Å². The van der Waals surface area contributed by atoms with Gasteiger partial charge in [0, 0.05) is 36.9 Å². The van der Waals surface area contributed by atoms with Gasteiger partial charge in [0.2, 0.25) is 0 Å². The Labute approximate surface area is 170 Å². The van der Waals surface area contributed by atoms with E-state index < -0.39 is 0 Å². The van der Waals surface area contributed by atoms with Crippen molar-refractivity contribution in [3.05, 3.63) is 71.2 Å². The fourth-order valence-electron chi connectivity index (χ4n) is 3.61. The Morgan fingerprint density at radius 3 is 2.50 bits per heavy atom. The number of amides is 1. The monoisotopic (exact) mass is 394 g/mol. The van der Waals surface area contributed by atoms with Crippen LogP contribution in [0.2, 0.25) is 5.02 Å². The molecule has 5 heteroatoms. The summed E-state index contributed by atoms with van der Waals surface area (Å²) in [5.41, 5.74) is 2.34. The van der Waals surface area contributed by atoms with Crippen molar-refractivity contribution >= 4 is 34.0 Å². The predicted molar refractivity (Wildman–Crippen MR) is 114 cm³/mol. The second kappa shape index (κ2) is 8.11. The number of ether oxygens (including phenoxy) is 1. The molecule has 1 amide bonds. The molecule has 1 aliphatic rings. The molecule has 0 bridgehead atoms. The molecule has 0 atom stereocenters. The van der Waals surface area contributed by atoms with Gasteiger partial charge in [0.1, 0.15) is 5.75 Å². The number of carbonyl (C=O) groups is 1. The molecule has 0 spiro atoms. The summed E-state index contributed by atoms with van der Waals surface area (Å²) < 4.78 is 5.75. The van der Waals surface area contributed by atoms with Crippen molar-refractivity contribution < 1.29 is 9.53 Å². The first-order chi connectivity index (χ1) is 13.6. The first-order valence-corrected chi connectivity index (χ1v) is 9.88. The van der Waals surface area contributed by atoms with E-state index >= 15 is 0 Å². The van der Waals surface area contributed by atoms with Gasteiger partial charge in [0.25, 0.3) is 5.91 Å². The Kier molecular flexibility index (Phi) is 5.40. The van der Waals surface area contributed by atoms with Crippen LogP contribution in [0.5, 0.6) is 5.75 Å². The van der Waals surface area contributed by atoms with E-state index in [4.69, 9.17) is 16.3 Å². The average molecular weight is 395 g/mol. The van der Waals surface area contributed by atoms with E-state index in [1.807, 2.05) is 59.5 Å². The molecule has 1 saturated heterocycles. The maximum Gasteiger partial charge on any atom is 0.260 e. The second-order valence-corrected chi connectivity index (χ2v) is 7.53. The summed E-state index contributed by atoms with van der Waals surface area (Å²) in [4.78, 5) is 16.7. The molecule has 0 saturated carbocycles. The van der Waals surface area contributed by atoms with Crippen LogP contribution in [0.1, 0.15) is 5.56 Å². The smallest absolute Gasteiger partial charge is 0.260 e. The third-order valence-corrected chi connectivity index (χ3v) is 5.46. The van der Waals surface area contributed by atoms with Crippen LogP contribution in [0.4, 0.5) is 5.69 Å². The lowest BCUT2D eigenvalue weighted by molar-refractivity contribution is -0.133. The van der Waals surface area contributed by atoms with Crippen LogP contribution in [-0.2, 0) is 4.79 Å². The zero-order valence-corrected chi connectivity index (χ0v) is 16.7. The summed E-state index contributed by atoms with van der Waals surface area (Å²) in [7, 11) is 0. The van der Waals surface area contributed by atoms with Crippen molar-refractivity contribution in [2.75, 3.05) is 37.7 Å². The molecule has 0 radical (unpaired) electrons. The van der Waals surface area contributed by atoms with Gasteiger partial charge >= 0.3 is 0 Å². The number of hydrogen-bond donors (Lipinski definition) is 0. The minimum Gasteiger partial charge on any atom is -0.484 e. The Morgan fingerprint density at radius 2 is 1.71 bits per heavy atom. The van der Waals surface area contributed by atoms with Crippen LogP contribution >= 0.6 is 11.6 Å². The lowest BCUT2D eigenvalue weighted by Crippen LogP contribution is -2.50. The molecule has 0 aliphatic carbocycles. The number of benzene rings is 3. The molecule has 28 heavy (non-hydrogen) atoms. The lowest BCUT2D eigenvalue weighted by atomic mass is 10.1. The average Bonchev–Trinajstić information content (AvgIpc) is 2.73. The maximum absolute atomic E-state index is 12.6. The van der Waals surface area contributed by atoms with E-state index in [9.17, 15) is 4.79 Å². The first-order valence-electron chi connectivity index (χ1n) is 9.51. The van der Waals surface area contributed by atoms with Crippen molar-refractivity contribution in [2.45, 2.75) is 6.92 Å². The summed E-state index contributed by atoms with van der Waals surface area (Å²) in [6.45, 7) is 5.11. The van der Waals surface area contributed by atoms with Crippen LogP contribution in [0.25, 0.3) is 10.8 Å². The number of halogens is 1. The number of anilines is 1. The van der Waals surface area contributed by atoms with Crippen molar-refractivity contribution in [2.24, 2.45) is 0 Å². The van der Waals surface area contributed by atoms with Gasteiger partial charge in [0.05, 0.1) is 0 Å². The number of fused-ring (bicyclic) bond motifs is 1. The van der Waals surface area contributed by atoms with Gasteiger partial charge in [0.15, 0.2) is 6.61 Å². The van der Waals surface area contributed by atoms with E-state index in [0.29, 0.717) is 13.1 Å². The molecular weight excluding hydrogens is 372 g/mol. The highest BCUT2D eigenvalue weighted by molar-refractivity contribution is 6.30. The minimum atomic E-state index is 0.0237. The number of nitrogens with zero attached hydrogens (tertiary/aromatic N) is 2. The molecule has 4 rings (SSSR count). The molecule has 1 fully saturated rings. The molecule has 3 aromatic carbocycles. The van der Waals surface area contributed by atoms with Crippen LogP contribution in [0, 0.1) is 6.92 Å². The highest BCUT2D eigenvalue weighted by Gasteiger charge is 2.22. The third-order valence-electron chi connectivity index (χ3n) is 5.23. The molecule has 144 valence electrons. The third kappa shape index (κ3) is 4.07. The molecule has 1 heterocycles. The summed E-state index contributed by atoms with van der Waals surface area (Å²) in [5.74, 6) is 0.746. The molecule has 1 aliphatic heterocycles. The second-order valence-electron chi connectivity index (χ2n) is 7.10.